The van der Waals surface area contributed by atoms with Crippen LogP contribution >= 0.6 is 11.3 Å². The maximum atomic E-state index is 12.9. The number of imide groups is 1. The van der Waals surface area contributed by atoms with Crippen LogP contribution in [0.5, 0.6) is 0 Å². The third kappa shape index (κ3) is 3.38. The molecule has 4 amide bonds. The van der Waals surface area contributed by atoms with E-state index in [2.05, 4.69) is 10.6 Å². The molecule has 0 unspecified atom stereocenters. The summed E-state index contributed by atoms with van der Waals surface area (Å²) in [5.41, 5.74) is -0.846. The topological polar surface area (TPSA) is 95.6 Å². The number of nitrogens with one attached hydrogen (secondary N) is 2. The standard InChI is InChI=1S/C18H23N3O4S/c1-11-5-3-4-8-18(11)16(24)21(17(25)20-18)10-14(23)15-7-6-13(26-15)9-19-12(2)22/h6-7,11H,3-5,8-10H2,1-2H3,(H,19,22)(H,20,25)/t11-,18+/m1/s1. The van der Waals surface area contributed by atoms with E-state index in [4.69, 9.17) is 0 Å². The third-order valence-electron chi connectivity index (χ3n) is 5.25. The first-order chi connectivity index (χ1) is 12.3. The Morgan fingerprint density at radius 2 is 2.12 bits per heavy atom. The number of rotatable bonds is 5. The zero-order chi connectivity index (χ0) is 18.9. The van der Waals surface area contributed by atoms with Gasteiger partial charge in [0.15, 0.2) is 5.78 Å². The minimum absolute atomic E-state index is 0.0683. The van der Waals surface area contributed by atoms with Gasteiger partial charge in [-0.05, 0) is 30.9 Å². The number of nitrogens with zero attached hydrogens (tertiary/aromatic N) is 1. The first kappa shape index (κ1) is 18.6. The summed E-state index contributed by atoms with van der Waals surface area (Å²) >= 11 is 1.26. The lowest BCUT2D eigenvalue weighted by Crippen LogP contribution is -2.54. The Kier molecular flexibility index (Phi) is 5.13. The summed E-state index contributed by atoms with van der Waals surface area (Å²) in [4.78, 5) is 51.1. The number of urea groups is 1. The first-order valence-corrected chi connectivity index (χ1v) is 9.65. The van der Waals surface area contributed by atoms with Crippen LogP contribution in [-0.2, 0) is 16.1 Å². The zero-order valence-electron chi connectivity index (χ0n) is 15.0. The lowest BCUT2D eigenvalue weighted by atomic mass is 9.73. The molecule has 3 rings (SSSR count). The highest BCUT2D eigenvalue weighted by Gasteiger charge is 2.55. The molecular weight excluding hydrogens is 354 g/mol. The summed E-state index contributed by atoms with van der Waals surface area (Å²) in [5, 5.41) is 5.53. The van der Waals surface area contributed by atoms with E-state index >= 15 is 0 Å². The van der Waals surface area contributed by atoms with Crippen molar-refractivity contribution in [1.29, 1.82) is 0 Å². The SMILES string of the molecule is CC(=O)NCc1ccc(C(=O)CN2C(=O)N[C@]3(CCCC[C@H]3C)C2=O)s1. The summed E-state index contributed by atoms with van der Waals surface area (Å²) in [6.07, 6.45) is 3.47. The molecule has 0 aromatic carbocycles. The van der Waals surface area contributed by atoms with Crippen LogP contribution < -0.4 is 10.6 Å². The van der Waals surface area contributed by atoms with E-state index in [1.807, 2.05) is 6.92 Å². The highest BCUT2D eigenvalue weighted by atomic mass is 32.1. The Morgan fingerprint density at radius 1 is 1.35 bits per heavy atom. The highest BCUT2D eigenvalue weighted by molar-refractivity contribution is 7.14. The van der Waals surface area contributed by atoms with E-state index in [9.17, 15) is 19.2 Å². The quantitative estimate of drug-likeness (QED) is 0.606. The predicted octanol–water partition coefficient (Wildman–Crippen LogP) is 2.07. The molecule has 1 aliphatic heterocycles. The van der Waals surface area contributed by atoms with E-state index in [0.29, 0.717) is 17.8 Å². The van der Waals surface area contributed by atoms with Gasteiger partial charge >= 0.3 is 6.03 Å². The van der Waals surface area contributed by atoms with Crippen LogP contribution in [0.1, 0.15) is 54.1 Å². The second kappa shape index (κ2) is 7.19. The highest BCUT2D eigenvalue weighted by Crippen LogP contribution is 2.38. The van der Waals surface area contributed by atoms with Crippen LogP contribution in [0.4, 0.5) is 4.79 Å². The van der Waals surface area contributed by atoms with Crippen LogP contribution in [0.3, 0.4) is 0 Å². The van der Waals surface area contributed by atoms with Gasteiger partial charge in [-0.15, -0.1) is 11.3 Å². The number of hydrogen-bond acceptors (Lipinski definition) is 5. The van der Waals surface area contributed by atoms with E-state index in [1.165, 1.54) is 18.3 Å². The number of carbonyl (C=O) groups excluding carboxylic acids is 4. The molecule has 1 aliphatic carbocycles. The molecule has 1 aromatic rings. The fourth-order valence-corrected chi connectivity index (χ4v) is 4.57. The van der Waals surface area contributed by atoms with Crippen molar-refractivity contribution in [3.05, 3.63) is 21.9 Å². The Hall–Kier alpha value is -2.22. The maximum Gasteiger partial charge on any atom is 0.325 e. The molecular formula is C18H23N3O4S. The summed E-state index contributed by atoms with van der Waals surface area (Å²) in [7, 11) is 0. The molecule has 1 saturated carbocycles. The Balaban J connectivity index is 1.68. The van der Waals surface area contributed by atoms with Gasteiger partial charge in [-0.25, -0.2) is 4.79 Å². The monoisotopic (exact) mass is 377 g/mol. The lowest BCUT2D eigenvalue weighted by Gasteiger charge is -2.36. The van der Waals surface area contributed by atoms with Crippen molar-refractivity contribution >= 4 is 35.0 Å². The molecule has 2 N–H and O–H groups in total. The molecule has 0 bridgehead atoms. The van der Waals surface area contributed by atoms with Crippen molar-refractivity contribution in [1.82, 2.24) is 15.5 Å². The Labute approximate surface area is 156 Å². The van der Waals surface area contributed by atoms with Gasteiger partial charge in [0.1, 0.15) is 5.54 Å². The number of amides is 4. The molecule has 1 aromatic heterocycles. The summed E-state index contributed by atoms with van der Waals surface area (Å²) < 4.78 is 0. The van der Waals surface area contributed by atoms with Crippen LogP contribution in [0, 0.1) is 5.92 Å². The molecule has 1 saturated heterocycles. The second-order valence-electron chi connectivity index (χ2n) is 7.04. The van der Waals surface area contributed by atoms with E-state index < -0.39 is 11.6 Å². The van der Waals surface area contributed by atoms with Crippen LogP contribution in [0.2, 0.25) is 0 Å². The molecule has 26 heavy (non-hydrogen) atoms. The van der Waals surface area contributed by atoms with Gasteiger partial charge in [-0.3, -0.25) is 19.3 Å². The van der Waals surface area contributed by atoms with Crippen molar-refractivity contribution < 1.29 is 19.2 Å². The summed E-state index contributed by atoms with van der Waals surface area (Å²) in [5.74, 6) is -0.623. The number of hydrogen-bond donors (Lipinski definition) is 2. The van der Waals surface area contributed by atoms with Crippen LogP contribution in [0.25, 0.3) is 0 Å². The lowest BCUT2D eigenvalue weighted by molar-refractivity contribution is -0.133. The van der Waals surface area contributed by atoms with Gasteiger partial charge in [0.2, 0.25) is 5.91 Å². The van der Waals surface area contributed by atoms with Gasteiger partial charge in [0.25, 0.3) is 5.91 Å². The molecule has 8 heteroatoms. The van der Waals surface area contributed by atoms with Gasteiger partial charge in [0, 0.05) is 11.8 Å². The maximum absolute atomic E-state index is 12.9. The predicted molar refractivity (Wildman–Crippen MR) is 96.8 cm³/mol. The average molecular weight is 377 g/mol. The minimum Gasteiger partial charge on any atom is -0.351 e. The molecule has 1 spiro atoms. The number of Topliss-reactive ketones (excluding diaryl/α,β-unsaturated/α-hetero) is 1. The molecule has 0 radical (unpaired) electrons. The van der Waals surface area contributed by atoms with Crippen molar-refractivity contribution in [3.8, 4) is 0 Å². The van der Waals surface area contributed by atoms with Crippen molar-refractivity contribution in [2.45, 2.75) is 51.6 Å². The van der Waals surface area contributed by atoms with Gasteiger partial charge in [-0.2, -0.15) is 0 Å². The van der Waals surface area contributed by atoms with Crippen molar-refractivity contribution in [2.24, 2.45) is 5.92 Å². The van der Waals surface area contributed by atoms with Gasteiger partial charge in [-0.1, -0.05) is 19.8 Å². The fourth-order valence-electron chi connectivity index (χ4n) is 3.69. The third-order valence-corrected chi connectivity index (χ3v) is 6.38. The zero-order valence-corrected chi connectivity index (χ0v) is 15.8. The normalized spacial score (nSPS) is 25.5. The van der Waals surface area contributed by atoms with Crippen LogP contribution in [-0.4, -0.2) is 40.6 Å². The van der Waals surface area contributed by atoms with E-state index in [-0.39, 0.29) is 30.1 Å². The average Bonchev–Trinajstić information content (AvgIpc) is 3.15. The summed E-state index contributed by atoms with van der Waals surface area (Å²) in [6.45, 7) is 3.52. The van der Waals surface area contributed by atoms with Gasteiger partial charge < -0.3 is 10.6 Å². The van der Waals surface area contributed by atoms with Gasteiger partial charge in [0.05, 0.1) is 18.0 Å². The first-order valence-electron chi connectivity index (χ1n) is 8.84. The molecule has 2 atom stereocenters. The largest absolute Gasteiger partial charge is 0.351 e. The fraction of sp³-hybridized carbons (Fsp3) is 0.556. The van der Waals surface area contributed by atoms with E-state index in [1.54, 1.807) is 12.1 Å². The Bertz CT molecular complexity index is 759. The molecule has 7 nitrogen and oxygen atoms in total. The minimum atomic E-state index is -0.846. The Morgan fingerprint density at radius 3 is 2.81 bits per heavy atom. The number of thiophene rings is 1. The van der Waals surface area contributed by atoms with Crippen LogP contribution in [0.15, 0.2) is 12.1 Å². The summed E-state index contributed by atoms with van der Waals surface area (Å²) in [6, 6.07) is 2.96. The van der Waals surface area contributed by atoms with Crippen molar-refractivity contribution in [2.75, 3.05) is 6.54 Å². The van der Waals surface area contributed by atoms with E-state index in [0.717, 1.165) is 29.0 Å². The second-order valence-corrected chi connectivity index (χ2v) is 8.21. The number of carbonyl (C=O) groups is 4. The molecule has 2 aliphatic rings. The molecule has 2 fully saturated rings. The number of ketones is 1. The molecule has 2 heterocycles. The van der Waals surface area contributed by atoms with Crippen molar-refractivity contribution in [3.63, 3.8) is 0 Å². The molecule has 140 valence electrons. The smallest absolute Gasteiger partial charge is 0.325 e.